The second-order valence-electron chi connectivity index (χ2n) is 3.43. The first-order valence-corrected chi connectivity index (χ1v) is 5.34. The minimum Gasteiger partial charge on any atom is -0.391 e. The average Bonchev–Trinajstić information content (AvgIpc) is 2.11. The van der Waals surface area contributed by atoms with E-state index in [9.17, 15) is 5.11 Å². The Bertz CT molecular complexity index is 94.1. The fourth-order valence-corrected chi connectivity index (χ4v) is 1.19. The molecule has 0 saturated heterocycles. The van der Waals surface area contributed by atoms with Gasteiger partial charge in [0.15, 0.2) is 0 Å². The molecule has 0 spiro atoms. The maximum Gasteiger partial charge on any atom is 0.0776 e. The quantitative estimate of drug-likeness (QED) is 0.562. The Morgan fingerprint density at radius 3 is 2.69 bits per heavy atom. The highest BCUT2D eigenvalue weighted by molar-refractivity contribution is 4.63. The summed E-state index contributed by atoms with van der Waals surface area (Å²) in [4.78, 5) is 0. The van der Waals surface area contributed by atoms with Gasteiger partial charge in [-0.15, -0.1) is 0 Å². The molecule has 1 atom stereocenters. The van der Waals surface area contributed by atoms with Crippen molar-refractivity contribution in [2.45, 2.75) is 52.1 Å². The molecule has 0 bridgehead atoms. The number of ether oxygens (including phenoxy) is 1. The molecule has 0 aromatic carbocycles. The van der Waals surface area contributed by atoms with Crippen molar-refractivity contribution in [3.8, 4) is 0 Å². The van der Waals surface area contributed by atoms with Crippen LogP contribution in [0.25, 0.3) is 0 Å². The zero-order valence-electron chi connectivity index (χ0n) is 8.96. The van der Waals surface area contributed by atoms with E-state index >= 15 is 0 Å². The van der Waals surface area contributed by atoms with Gasteiger partial charge in [0, 0.05) is 6.61 Å². The Hall–Kier alpha value is -0.0800. The highest BCUT2D eigenvalue weighted by atomic mass is 16.5. The Labute approximate surface area is 82.3 Å². The molecule has 0 aliphatic heterocycles. The van der Waals surface area contributed by atoms with Crippen LogP contribution in [0.4, 0.5) is 0 Å². The third-order valence-corrected chi connectivity index (χ3v) is 1.96. The molecule has 0 saturated carbocycles. The number of hydrogen-bond donors (Lipinski definition) is 1. The topological polar surface area (TPSA) is 29.5 Å². The Balaban J connectivity index is 2.97. The van der Waals surface area contributed by atoms with Crippen LogP contribution in [-0.4, -0.2) is 24.4 Å². The van der Waals surface area contributed by atoms with Gasteiger partial charge in [-0.3, -0.25) is 0 Å². The fourth-order valence-electron chi connectivity index (χ4n) is 1.19. The van der Waals surface area contributed by atoms with Crippen LogP contribution >= 0.6 is 0 Å². The summed E-state index contributed by atoms with van der Waals surface area (Å²) in [6.07, 6.45) is 7.29. The minimum absolute atomic E-state index is 0.309. The van der Waals surface area contributed by atoms with E-state index in [1.54, 1.807) is 0 Å². The molecule has 2 heteroatoms. The van der Waals surface area contributed by atoms with Crippen molar-refractivity contribution in [3.05, 3.63) is 6.42 Å². The first kappa shape index (κ1) is 12.9. The van der Waals surface area contributed by atoms with Crippen LogP contribution in [0.5, 0.6) is 0 Å². The van der Waals surface area contributed by atoms with E-state index < -0.39 is 0 Å². The molecule has 1 N–H and O–H groups in total. The molecule has 0 amide bonds. The molecule has 1 radical (unpaired) electrons. The molecule has 0 aromatic heterocycles. The summed E-state index contributed by atoms with van der Waals surface area (Å²) in [6, 6.07) is 0. The Morgan fingerprint density at radius 1 is 1.31 bits per heavy atom. The first-order valence-electron chi connectivity index (χ1n) is 5.34. The van der Waals surface area contributed by atoms with E-state index in [0.717, 1.165) is 19.4 Å². The minimum atomic E-state index is -0.309. The van der Waals surface area contributed by atoms with Crippen LogP contribution < -0.4 is 0 Å². The summed E-state index contributed by atoms with van der Waals surface area (Å²) < 4.78 is 5.32. The second-order valence-corrected chi connectivity index (χ2v) is 3.43. The van der Waals surface area contributed by atoms with Crippen LogP contribution in [0.2, 0.25) is 0 Å². The van der Waals surface area contributed by atoms with Crippen LogP contribution in [0.1, 0.15) is 46.0 Å². The highest BCUT2D eigenvalue weighted by Gasteiger charge is 2.01. The molecule has 0 aromatic rings. The van der Waals surface area contributed by atoms with Crippen LogP contribution in [0.3, 0.4) is 0 Å². The molecule has 0 rings (SSSR count). The van der Waals surface area contributed by atoms with Crippen molar-refractivity contribution >= 4 is 0 Å². The summed E-state index contributed by atoms with van der Waals surface area (Å²) in [7, 11) is 0. The van der Waals surface area contributed by atoms with Gasteiger partial charge in [0.1, 0.15) is 0 Å². The van der Waals surface area contributed by atoms with Crippen molar-refractivity contribution in [2.24, 2.45) is 0 Å². The average molecular weight is 187 g/mol. The van der Waals surface area contributed by atoms with Gasteiger partial charge in [0.05, 0.1) is 12.7 Å². The lowest BCUT2D eigenvalue weighted by Gasteiger charge is -2.09. The van der Waals surface area contributed by atoms with Crippen LogP contribution in [0, 0.1) is 6.42 Å². The van der Waals surface area contributed by atoms with Crippen molar-refractivity contribution in [2.75, 3.05) is 13.2 Å². The van der Waals surface area contributed by atoms with Gasteiger partial charge in [0.25, 0.3) is 0 Å². The van der Waals surface area contributed by atoms with Crippen molar-refractivity contribution in [3.63, 3.8) is 0 Å². The zero-order valence-corrected chi connectivity index (χ0v) is 8.96. The number of aliphatic hydroxyl groups excluding tert-OH is 1. The molecular weight excluding hydrogens is 164 g/mol. The summed E-state index contributed by atoms with van der Waals surface area (Å²) in [5.74, 6) is 0. The fraction of sp³-hybridized carbons (Fsp3) is 0.909. The van der Waals surface area contributed by atoms with E-state index in [0.29, 0.717) is 6.61 Å². The Morgan fingerprint density at radius 2 is 2.08 bits per heavy atom. The molecular formula is C11H23O2. The Kier molecular flexibility index (Phi) is 9.94. The lowest BCUT2D eigenvalue weighted by molar-refractivity contribution is 0.0351. The van der Waals surface area contributed by atoms with Gasteiger partial charge < -0.3 is 9.84 Å². The maximum absolute atomic E-state index is 9.30. The first-order chi connectivity index (χ1) is 6.31. The molecule has 2 nitrogen and oxygen atoms in total. The molecule has 13 heavy (non-hydrogen) atoms. The summed E-state index contributed by atoms with van der Waals surface area (Å²) in [5, 5.41) is 9.30. The highest BCUT2D eigenvalue weighted by Crippen LogP contribution is 2.00. The van der Waals surface area contributed by atoms with Crippen molar-refractivity contribution in [1.82, 2.24) is 0 Å². The molecule has 0 heterocycles. The second kappa shape index (κ2) is 10.0. The third-order valence-electron chi connectivity index (χ3n) is 1.96. The molecule has 0 aliphatic carbocycles. The number of hydrogen-bond acceptors (Lipinski definition) is 2. The van der Waals surface area contributed by atoms with Gasteiger partial charge in [-0.25, -0.2) is 0 Å². The smallest absolute Gasteiger partial charge is 0.0776 e. The van der Waals surface area contributed by atoms with E-state index in [1.807, 2.05) is 13.3 Å². The van der Waals surface area contributed by atoms with Gasteiger partial charge in [-0.05, 0) is 19.3 Å². The molecule has 1 unspecified atom stereocenters. The number of aliphatic hydroxyl groups is 1. The molecule has 0 aliphatic rings. The van der Waals surface area contributed by atoms with Gasteiger partial charge in [0.2, 0.25) is 0 Å². The largest absolute Gasteiger partial charge is 0.391 e. The van der Waals surface area contributed by atoms with Crippen LogP contribution in [0.15, 0.2) is 0 Å². The summed E-state index contributed by atoms with van der Waals surface area (Å²) >= 11 is 0. The standard InChI is InChI=1S/C11H23O2/c1-3-5-6-7-9-13-10-11(12)8-4-2/h4,11-12H,3,5-10H2,1-2H3. The van der Waals surface area contributed by atoms with E-state index in [1.165, 1.54) is 19.3 Å². The zero-order chi connectivity index (χ0) is 9.94. The van der Waals surface area contributed by atoms with Gasteiger partial charge in [-0.2, -0.15) is 0 Å². The predicted molar refractivity (Wildman–Crippen MR) is 55.6 cm³/mol. The number of unbranched alkanes of at least 4 members (excludes halogenated alkanes) is 3. The van der Waals surface area contributed by atoms with Gasteiger partial charge >= 0.3 is 0 Å². The predicted octanol–water partition coefficient (Wildman–Crippen LogP) is 2.56. The summed E-state index contributed by atoms with van der Waals surface area (Å²) in [5.41, 5.74) is 0. The third kappa shape index (κ3) is 9.84. The number of rotatable bonds is 9. The SMILES string of the molecule is C[CH]CC(O)COCCCCCC. The van der Waals surface area contributed by atoms with Crippen molar-refractivity contribution in [1.29, 1.82) is 0 Å². The van der Waals surface area contributed by atoms with Gasteiger partial charge in [-0.1, -0.05) is 33.1 Å². The van der Waals surface area contributed by atoms with E-state index in [4.69, 9.17) is 4.74 Å². The van der Waals surface area contributed by atoms with Crippen LogP contribution in [-0.2, 0) is 4.74 Å². The molecule has 0 fully saturated rings. The lowest BCUT2D eigenvalue weighted by Crippen LogP contribution is -2.15. The lowest BCUT2D eigenvalue weighted by atomic mass is 10.2. The van der Waals surface area contributed by atoms with E-state index in [-0.39, 0.29) is 6.10 Å². The maximum atomic E-state index is 9.30. The van der Waals surface area contributed by atoms with E-state index in [2.05, 4.69) is 6.92 Å². The summed E-state index contributed by atoms with van der Waals surface area (Å²) in [6.45, 7) is 5.42. The monoisotopic (exact) mass is 187 g/mol. The normalized spacial score (nSPS) is 13.2. The molecule has 79 valence electrons. The van der Waals surface area contributed by atoms with Crippen molar-refractivity contribution < 1.29 is 9.84 Å².